The van der Waals surface area contributed by atoms with Crippen LogP contribution in [0, 0.1) is 5.92 Å². The normalized spacial score (nSPS) is 22.7. The first-order chi connectivity index (χ1) is 9.79. The molecule has 2 atom stereocenters. The van der Waals surface area contributed by atoms with Crippen LogP contribution in [-0.4, -0.2) is 26.3 Å². The molecular weight excluding hydrogens is 250 g/mol. The quantitative estimate of drug-likeness (QED) is 0.775. The second-order valence-corrected chi connectivity index (χ2v) is 5.72. The van der Waals surface area contributed by atoms with Crippen LogP contribution in [0.1, 0.15) is 38.2 Å². The van der Waals surface area contributed by atoms with E-state index in [0.29, 0.717) is 12.6 Å². The third-order valence-corrected chi connectivity index (χ3v) is 4.19. The van der Waals surface area contributed by atoms with E-state index < -0.39 is 0 Å². The standard InChI is InChI=1S/C17H27NO2/c1-14-5-3-4-6-17(14)18-11-12-20-13-15-7-9-16(19-2)10-8-15/h7-10,14,17-18H,3-6,11-13H2,1-2H3. The molecular formula is C17H27NO2. The van der Waals surface area contributed by atoms with E-state index in [1.807, 2.05) is 12.1 Å². The fraction of sp³-hybridized carbons (Fsp3) is 0.647. The minimum atomic E-state index is 0.673. The maximum atomic E-state index is 5.72. The first-order valence-corrected chi connectivity index (χ1v) is 7.73. The number of rotatable bonds is 7. The third kappa shape index (κ3) is 4.80. The molecule has 0 bridgehead atoms. The Kier molecular flexibility index (Phi) is 6.34. The predicted octanol–water partition coefficient (Wildman–Crippen LogP) is 3.38. The van der Waals surface area contributed by atoms with Gasteiger partial charge in [-0.3, -0.25) is 0 Å². The van der Waals surface area contributed by atoms with Crippen LogP contribution in [0.2, 0.25) is 0 Å². The second kappa shape index (κ2) is 8.28. The SMILES string of the molecule is COc1ccc(COCCNC2CCCCC2C)cc1. The maximum absolute atomic E-state index is 5.72. The molecule has 2 rings (SSSR count). The highest BCUT2D eigenvalue weighted by atomic mass is 16.5. The molecule has 0 amide bonds. The summed E-state index contributed by atoms with van der Waals surface area (Å²) in [6, 6.07) is 8.74. The first-order valence-electron chi connectivity index (χ1n) is 7.73. The summed E-state index contributed by atoms with van der Waals surface area (Å²) in [6.45, 7) is 4.75. The lowest BCUT2D eigenvalue weighted by atomic mass is 9.86. The van der Waals surface area contributed by atoms with Crippen molar-refractivity contribution in [2.45, 2.75) is 45.3 Å². The summed E-state index contributed by atoms with van der Waals surface area (Å²) in [4.78, 5) is 0. The molecule has 20 heavy (non-hydrogen) atoms. The lowest BCUT2D eigenvalue weighted by molar-refractivity contribution is 0.116. The largest absolute Gasteiger partial charge is 0.497 e. The zero-order valence-electron chi connectivity index (χ0n) is 12.7. The van der Waals surface area contributed by atoms with E-state index in [4.69, 9.17) is 9.47 Å². The van der Waals surface area contributed by atoms with E-state index in [0.717, 1.165) is 24.8 Å². The monoisotopic (exact) mass is 277 g/mol. The van der Waals surface area contributed by atoms with Crippen LogP contribution in [0.4, 0.5) is 0 Å². The molecule has 1 aromatic rings. The molecule has 1 aliphatic rings. The van der Waals surface area contributed by atoms with Crippen LogP contribution in [0.15, 0.2) is 24.3 Å². The van der Waals surface area contributed by atoms with Gasteiger partial charge in [-0.25, -0.2) is 0 Å². The van der Waals surface area contributed by atoms with E-state index in [1.165, 1.54) is 31.2 Å². The molecule has 1 aliphatic carbocycles. The highest BCUT2D eigenvalue weighted by molar-refractivity contribution is 5.26. The first kappa shape index (κ1) is 15.3. The number of benzene rings is 1. The molecule has 112 valence electrons. The molecule has 1 aromatic carbocycles. The van der Waals surface area contributed by atoms with Gasteiger partial charge in [-0.15, -0.1) is 0 Å². The Balaban J connectivity index is 1.58. The summed E-state index contributed by atoms with van der Waals surface area (Å²) in [7, 11) is 1.68. The zero-order chi connectivity index (χ0) is 14.2. The smallest absolute Gasteiger partial charge is 0.118 e. The van der Waals surface area contributed by atoms with Crippen molar-refractivity contribution in [1.29, 1.82) is 0 Å². The van der Waals surface area contributed by atoms with Crippen molar-refractivity contribution in [3.05, 3.63) is 29.8 Å². The Morgan fingerprint density at radius 1 is 1.15 bits per heavy atom. The Hall–Kier alpha value is -1.06. The van der Waals surface area contributed by atoms with Crippen LogP contribution in [0.5, 0.6) is 5.75 Å². The Labute approximate surface area is 122 Å². The fourth-order valence-electron chi connectivity index (χ4n) is 2.85. The highest BCUT2D eigenvalue weighted by Gasteiger charge is 2.19. The van der Waals surface area contributed by atoms with Crippen molar-refractivity contribution >= 4 is 0 Å². The average molecular weight is 277 g/mol. The van der Waals surface area contributed by atoms with Gasteiger partial charge in [0, 0.05) is 12.6 Å². The zero-order valence-corrected chi connectivity index (χ0v) is 12.7. The Bertz CT molecular complexity index is 377. The van der Waals surface area contributed by atoms with Crippen LogP contribution in [0.3, 0.4) is 0 Å². The summed E-state index contributed by atoms with van der Waals surface area (Å²) in [5.41, 5.74) is 1.19. The van der Waals surface area contributed by atoms with Gasteiger partial charge in [0.25, 0.3) is 0 Å². The number of hydrogen-bond acceptors (Lipinski definition) is 3. The van der Waals surface area contributed by atoms with Gasteiger partial charge in [-0.1, -0.05) is 31.9 Å². The molecule has 0 saturated heterocycles. The maximum Gasteiger partial charge on any atom is 0.118 e. The van der Waals surface area contributed by atoms with Crippen molar-refractivity contribution in [3.63, 3.8) is 0 Å². The molecule has 3 nitrogen and oxygen atoms in total. The van der Waals surface area contributed by atoms with Gasteiger partial charge < -0.3 is 14.8 Å². The summed E-state index contributed by atoms with van der Waals surface area (Å²) >= 11 is 0. The molecule has 0 aromatic heterocycles. The minimum absolute atomic E-state index is 0.673. The van der Waals surface area contributed by atoms with Gasteiger partial charge in [0.15, 0.2) is 0 Å². The molecule has 1 saturated carbocycles. The topological polar surface area (TPSA) is 30.5 Å². The highest BCUT2D eigenvalue weighted by Crippen LogP contribution is 2.23. The van der Waals surface area contributed by atoms with Crippen LogP contribution in [-0.2, 0) is 11.3 Å². The molecule has 0 radical (unpaired) electrons. The molecule has 2 unspecified atom stereocenters. The molecule has 0 spiro atoms. The molecule has 0 aliphatic heterocycles. The predicted molar refractivity (Wildman–Crippen MR) is 82.1 cm³/mol. The number of hydrogen-bond donors (Lipinski definition) is 1. The van der Waals surface area contributed by atoms with Gasteiger partial charge >= 0.3 is 0 Å². The fourth-order valence-corrected chi connectivity index (χ4v) is 2.85. The van der Waals surface area contributed by atoms with Gasteiger partial charge in [-0.05, 0) is 36.5 Å². The molecule has 1 N–H and O–H groups in total. The van der Waals surface area contributed by atoms with E-state index in [-0.39, 0.29) is 0 Å². The van der Waals surface area contributed by atoms with Crippen molar-refractivity contribution in [3.8, 4) is 5.75 Å². The van der Waals surface area contributed by atoms with E-state index in [9.17, 15) is 0 Å². The van der Waals surface area contributed by atoms with E-state index in [2.05, 4.69) is 24.4 Å². The summed E-state index contributed by atoms with van der Waals surface area (Å²) in [5, 5.41) is 3.63. The lowest BCUT2D eigenvalue weighted by Gasteiger charge is -2.29. The Morgan fingerprint density at radius 3 is 2.60 bits per heavy atom. The van der Waals surface area contributed by atoms with Gasteiger partial charge in [0.05, 0.1) is 20.3 Å². The molecule has 1 fully saturated rings. The average Bonchev–Trinajstić information content (AvgIpc) is 2.49. The number of ether oxygens (including phenoxy) is 2. The van der Waals surface area contributed by atoms with Crippen LogP contribution < -0.4 is 10.1 Å². The van der Waals surface area contributed by atoms with Gasteiger partial charge in [-0.2, -0.15) is 0 Å². The minimum Gasteiger partial charge on any atom is -0.497 e. The van der Waals surface area contributed by atoms with E-state index >= 15 is 0 Å². The second-order valence-electron chi connectivity index (χ2n) is 5.72. The molecule has 0 heterocycles. The van der Waals surface area contributed by atoms with Gasteiger partial charge in [0.1, 0.15) is 5.75 Å². The summed E-state index contributed by atoms with van der Waals surface area (Å²) in [6.07, 6.45) is 5.45. The molecule has 3 heteroatoms. The van der Waals surface area contributed by atoms with Crippen molar-refractivity contribution in [2.75, 3.05) is 20.3 Å². The van der Waals surface area contributed by atoms with Crippen molar-refractivity contribution < 1.29 is 9.47 Å². The number of methoxy groups -OCH3 is 1. The van der Waals surface area contributed by atoms with Crippen LogP contribution >= 0.6 is 0 Å². The van der Waals surface area contributed by atoms with Crippen molar-refractivity contribution in [1.82, 2.24) is 5.32 Å². The van der Waals surface area contributed by atoms with E-state index in [1.54, 1.807) is 7.11 Å². The summed E-state index contributed by atoms with van der Waals surface area (Å²) < 4.78 is 10.9. The number of nitrogens with one attached hydrogen (secondary N) is 1. The van der Waals surface area contributed by atoms with Crippen LogP contribution in [0.25, 0.3) is 0 Å². The lowest BCUT2D eigenvalue weighted by Crippen LogP contribution is -2.38. The van der Waals surface area contributed by atoms with Gasteiger partial charge in [0.2, 0.25) is 0 Å². The summed E-state index contributed by atoms with van der Waals surface area (Å²) in [5.74, 6) is 1.70. The third-order valence-electron chi connectivity index (χ3n) is 4.19. The van der Waals surface area contributed by atoms with Crippen molar-refractivity contribution in [2.24, 2.45) is 5.92 Å². The Morgan fingerprint density at radius 2 is 1.90 bits per heavy atom.